The Labute approximate surface area is 127 Å². The van der Waals surface area contributed by atoms with Gasteiger partial charge in [0.25, 0.3) is 5.56 Å². The Bertz CT molecular complexity index is 736. The standard InChI is InChI=1S/C15H17N3O2S/c1-10(9-20-3)18-14(19)12-6-4-5-7-13(12)17-15(18)21-11(2)8-16/h4-7,10-11H,9H2,1-3H3/t10-,11-/m0/s1. The molecule has 5 nitrogen and oxygen atoms in total. The number of fused-ring (bicyclic) bond motifs is 1. The lowest BCUT2D eigenvalue weighted by molar-refractivity contribution is 0.156. The topological polar surface area (TPSA) is 67.9 Å². The van der Waals surface area contributed by atoms with Crippen LogP contribution in [0.1, 0.15) is 19.9 Å². The number of methoxy groups -OCH3 is 1. The average Bonchev–Trinajstić information content (AvgIpc) is 2.47. The van der Waals surface area contributed by atoms with Crippen LogP contribution in [0.3, 0.4) is 0 Å². The predicted octanol–water partition coefficient (Wildman–Crippen LogP) is 2.61. The van der Waals surface area contributed by atoms with Gasteiger partial charge >= 0.3 is 0 Å². The SMILES string of the molecule is COC[C@H](C)n1c(S[C@@H](C)C#N)nc2ccccc2c1=O. The predicted molar refractivity (Wildman–Crippen MR) is 83.5 cm³/mol. The fourth-order valence-corrected chi connectivity index (χ4v) is 2.99. The van der Waals surface area contributed by atoms with E-state index in [1.165, 1.54) is 11.8 Å². The number of ether oxygens (including phenoxy) is 1. The first-order chi connectivity index (χ1) is 10.1. The number of aromatic nitrogens is 2. The van der Waals surface area contributed by atoms with Crippen LogP contribution in [0.2, 0.25) is 0 Å². The first-order valence-electron chi connectivity index (χ1n) is 6.65. The highest BCUT2D eigenvalue weighted by molar-refractivity contribution is 8.00. The molecule has 6 heteroatoms. The number of rotatable bonds is 5. The Morgan fingerprint density at radius 3 is 2.81 bits per heavy atom. The molecule has 0 spiro atoms. The summed E-state index contributed by atoms with van der Waals surface area (Å²) < 4.78 is 6.77. The molecule has 1 heterocycles. The highest BCUT2D eigenvalue weighted by atomic mass is 32.2. The van der Waals surface area contributed by atoms with Crippen molar-refractivity contribution in [3.8, 4) is 6.07 Å². The summed E-state index contributed by atoms with van der Waals surface area (Å²) in [6.45, 7) is 4.11. The van der Waals surface area contributed by atoms with Crippen molar-refractivity contribution in [2.45, 2.75) is 30.3 Å². The van der Waals surface area contributed by atoms with E-state index in [1.807, 2.05) is 25.1 Å². The number of nitriles is 1. The zero-order valence-corrected chi connectivity index (χ0v) is 13.1. The zero-order chi connectivity index (χ0) is 15.4. The number of para-hydroxylation sites is 1. The Kier molecular flexibility index (Phi) is 4.99. The average molecular weight is 303 g/mol. The zero-order valence-electron chi connectivity index (χ0n) is 12.2. The number of nitrogens with zero attached hydrogens (tertiary/aromatic N) is 3. The van der Waals surface area contributed by atoms with E-state index in [0.29, 0.717) is 22.7 Å². The van der Waals surface area contributed by atoms with Gasteiger partial charge in [-0.3, -0.25) is 9.36 Å². The summed E-state index contributed by atoms with van der Waals surface area (Å²) >= 11 is 1.29. The smallest absolute Gasteiger partial charge is 0.262 e. The van der Waals surface area contributed by atoms with Crippen LogP contribution in [0.25, 0.3) is 10.9 Å². The molecule has 0 amide bonds. The van der Waals surface area contributed by atoms with Gasteiger partial charge in [0.2, 0.25) is 0 Å². The Morgan fingerprint density at radius 2 is 2.14 bits per heavy atom. The quantitative estimate of drug-likeness (QED) is 0.627. The highest BCUT2D eigenvalue weighted by Crippen LogP contribution is 2.24. The van der Waals surface area contributed by atoms with Gasteiger partial charge in [0.1, 0.15) is 0 Å². The second-order valence-corrected chi connectivity index (χ2v) is 6.09. The molecular formula is C15H17N3O2S. The van der Waals surface area contributed by atoms with E-state index in [0.717, 1.165) is 0 Å². The molecule has 0 aliphatic carbocycles. The van der Waals surface area contributed by atoms with E-state index in [-0.39, 0.29) is 16.9 Å². The third-order valence-corrected chi connectivity index (χ3v) is 4.05. The van der Waals surface area contributed by atoms with Crippen LogP contribution in [0.15, 0.2) is 34.2 Å². The first kappa shape index (κ1) is 15.5. The minimum atomic E-state index is -0.279. The Balaban J connectivity index is 2.65. The number of hydrogen-bond acceptors (Lipinski definition) is 5. The summed E-state index contributed by atoms with van der Waals surface area (Å²) in [7, 11) is 1.60. The monoisotopic (exact) mass is 303 g/mol. The van der Waals surface area contributed by atoms with Gasteiger partial charge in [-0.05, 0) is 26.0 Å². The molecule has 1 aromatic heterocycles. The first-order valence-corrected chi connectivity index (χ1v) is 7.53. The lowest BCUT2D eigenvalue weighted by atomic mass is 10.2. The largest absolute Gasteiger partial charge is 0.383 e. The van der Waals surface area contributed by atoms with Crippen LogP contribution in [0.4, 0.5) is 0 Å². The molecule has 110 valence electrons. The fraction of sp³-hybridized carbons (Fsp3) is 0.400. The molecule has 2 rings (SSSR count). The van der Waals surface area contributed by atoms with Crippen molar-refractivity contribution >= 4 is 22.7 Å². The van der Waals surface area contributed by atoms with Crippen LogP contribution < -0.4 is 5.56 Å². The summed E-state index contributed by atoms with van der Waals surface area (Å²) in [5, 5.41) is 9.85. The molecule has 2 atom stereocenters. The van der Waals surface area contributed by atoms with Crippen molar-refractivity contribution in [2.75, 3.05) is 13.7 Å². The van der Waals surface area contributed by atoms with Crippen molar-refractivity contribution in [1.82, 2.24) is 9.55 Å². The van der Waals surface area contributed by atoms with Gasteiger partial charge in [0.15, 0.2) is 5.16 Å². The molecule has 0 saturated carbocycles. The molecule has 0 radical (unpaired) electrons. The minimum Gasteiger partial charge on any atom is -0.383 e. The van der Waals surface area contributed by atoms with Crippen molar-refractivity contribution in [1.29, 1.82) is 5.26 Å². The second kappa shape index (κ2) is 6.74. The van der Waals surface area contributed by atoms with Gasteiger partial charge in [-0.15, -0.1) is 0 Å². The normalized spacial score (nSPS) is 13.8. The second-order valence-electron chi connectivity index (χ2n) is 4.78. The molecule has 21 heavy (non-hydrogen) atoms. The van der Waals surface area contributed by atoms with Gasteiger partial charge in [-0.1, -0.05) is 23.9 Å². The number of benzene rings is 1. The van der Waals surface area contributed by atoms with Crippen molar-refractivity contribution < 1.29 is 4.74 Å². The van der Waals surface area contributed by atoms with E-state index in [2.05, 4.69) is 11.1 Å². The maximum absolute atomic E-state index is 12.7. The molecule has 2 aromatic rings. The molecule has 0 unspecified atom stereocenters. The lowest BCUT2D eigenvalue weighted by Gasteiger charge is -2.19. The molecular weight excluding hydrogens is 286 g/mol. The molecule has 0 aliphatic rings. The van der Waals surface area contributed by atoms with Crippen molar-refractivity contribution in [3.63, 3.8) is 0 Å². The summed E-state index contributed by atoms with van der Waals surface area (Å²) in [6, 6.07) is 9.25. The Hall–Kier alpha value is -1.84. The van der Waals surface area contributed by atoms with Crippen molar-refractivity contribution in [2.24, 2.45) is 0 Å². The van der Waals surface area contributed by atoms with E-state index >= 15 is 0 Å². The minimum absolute atomic E-state index is 0.0993. The van der Waals surface area contributed by atoms with Crippen molar-refractivity contribution in [3.05, 3.63) is 34.6 Å². The lowest BCUT2D eigenvalue weighted by Crippen LogP contribution is -2.28. The Morgan fingerprint density at radius 1 is 1.43 bits per heavy atom. The van der Waals surface area contributed by atoms with Crippen LogP contribution in [0.5, 0.6) is 0 Å². The molecule has 0 bridgehead atoms. The molecule has 0 N–H and O–H groups in total. The van der Waals surface area contributed by atoms with E-state index in [9.17, 15) is 4.79 Å². The van der Waals surface area contributed by atoms with Crippen LogP contribution >= 0.6 is 11.8 Å². The van der Waals surface area contributed by atoms with Gasteiger partial charge in [-0.2, -0.15) is 5.26 Å². The number of hydrogen-bond donors (Lipinski definition) is 0. The fourth-order valence-electron chi connectivity index (χ4n) is 2.10. The van der Waals surface area contributed by atoms with Gasteiger partial charge in [0.05, 0.1) is 34.9 Å². The molecule has 0 fully saturated rings. The summed E-state index contributed by atoms with van der Waals surface area (Å²) in [5.74, 6) is 0. The van der Waals surface area contributed by atoms with E-state index in [1.54, 1.807) is 24.7 Å². The maximum atomic E-state index is 12.7. The van der Waals surface area contributed by atoms with Crippen LogP contribution in [-0.2, 0) is 4.74 Å². The van der Waals surface area contributed by atoms with Gasteiger partial charge < -0.3 is 4.74 Å². The van der Waals surface area contributed by atoms with Crippen LogP contribution in [0, 0.1) is 11.3 Å². The molecule has 0 aliphatic heterocycles. The summed E-state index contributed by atoms with van der Waals surface area (Å²) in [5.41, 5.74) is 0.550. The van der Waals surface area contributed by atoms with Gasteiger partial charge in [0, 0.05) is 7.11 Å². The number of thioether (sulfide) groups is 1. The summed E-state index contributed by atoms with van der Waals surface area (Å²) in [4.78, 5) is 17.3. The van der Waals surface area contributed by atoms with Crippen LogP contribution in [-0.4, -0.2) is 28.5 Å². The third kappa shape index (κ3) is 3.26. The van der Waals surface area contributed by atoms with E-state index in [4.69, 9.17) is 10.00 Å². The van der Waals surface area contributed by atoms with E-state index < -0.39 is 0 Å². The summed E-state index contributed by atoms with van der Waals surface area (Å²) in [6.07, 6.45) is 0. The van der Waals surface area contributed by atoms with Gasteiger partial charge in [-0.25, -0.2) is 4.98 Å². The highest BCUT2D eigenvalue weighted by Gasteiger charge is 2.18. The molecule has 1 aromatic carbocycles. The third-order valence-electron chi connectivity index (χ3n) is 3.09. The maximum Gasteiger partial charge on any atom is 0.262 e. The molecule has 0 saturated heterocycles.